The summed E-state index contributed by atoms with van der Waals surface area (Å²) in [5, 5.41) is 0.684. The molecule has 0 radical (unpaired) electrons. The zero-order valence-electron chi connectivity index (χ0n) is 9.04. The Kier molecular flexibility index (Phi) is 5.26. The summed E-state index contributed by atoms with van der Waals surface area (Å²) in [4.78, 5) is 0. The van der Waals surface area contributed by atoms with E-state index in [9.17, 15) is 4.39 Å². The van der Waals surface area contributed by atoms with E-state index in [1.807, 2.05) is 6.07 Å². The van der Waals surface area contributed by atoms with Gasteiger partial charge in [0.2, 0.25) is 0 Å². The van der Waals surface area contributed by atoms with Crippen molar-refractivity contribution in [3.63, 3.8) is 0 Å². The monoisotopic (exact) mass is 274 g/mol. The van der Waals surface area contributed by atoms with Crippen LogP contribution in [0.4, 0.5) is 4.39 Å². The lowest BCUT2D eigenvalue weighted by Gasteiger charge is -2.17. The molecule has 0 fully saturated rings. The Bertz CT molecular complexity index is 301. The van der Waals surface area contributed by atoms with Crippen molar-refractivity contribution < 1.29 is 9.13 Å². The van der Waals surface area contributed by atoms with Crippen LogP contribution in [0.25, 0.3) is 0 Å². The van der Waals surface area contributed by atoms with E-state index in [1.54, 1.807) is 6.07 Å². The van der Waals surface area contributed by atoms with E-state index in [1.165, 1.54) is 12.1 Å². The molecular formula is C12H16BrFO. The summed E-state index contributed by atoms with van der Waals surface area (Å²) < 4.78 is 18.7. The molecule has 0 bridgehead atoms. The fourth-order valence-corrected chi connectivity index (χ4v) is 1.81. The van der Waals surface area contributed by atoms with Gasteiger partial charge < -0.3 is 4.74 Å². The lowest BCUT2D eigenvalue weighted by molar-refractivity contribution is 0.0505. The average Bonchev–Trinajstić information content (AvgIpc) is 2.18. The molecule has 0 heterocycles. The van der Waals surface area contributed by atoms with Crippen LogP contribution < -0.4 is 0 Å². The van der Waals surface area contributed by atoms with Gasteiger partial charge in [-0.15, -0.1) is 0 Å². The maximum atomic E-state index is 13.0. The summed E-state index contributed by atoms with van der Waals surface area (Å²) in [5.74, 6) is 0.270. The second kappa shape index (κ2) is 6.23. The van der Waals surface area contributed by atoms with Crippen molar-refractivity contribution in [2.75, 3.05) is 11.9 Å². The van der Waals surface area contributed by atoms with Crippen molar-refractivity contribution >= 4 is 15.9 Å². The maximum Gasteiger partial charge on any atom is 0.123 e. The second-order valence-corrected chi connectivity index (χ2v) is 4.57. The van der Waals surface area contributed by atoms with Crippen LogP contribution in [0, 0.1) is 11.7 Å². The van der Waals surface area contributed by atoms with Crippen molar-refractivity contribution in [2.24, 2.45) is 5.92 Å². The Morgan fingerprint density at radius 2 is 2.13 bits per heavy atom. The first kappa shape index (κ1) is 12.7. The first-order chi connectivity index (χ1) is 7.13. The molecule has 0 N–H and O–H groups in total. The predicted octanol–water partition coefficient (Wildman–Crippen LogP) is 3.93. The largest absolute Gasteiger partial charge is 0.372 e. The minimum atomic E-state index is -0.216. The smallest absolute Gasteiger partial charge is 0.123 e. The topological polar surface area (TPSA) is 9.23 Å². The molecule has 15 heavy (non-hydrogen) atoms. The molecule has 1 unspecified atom stereocenters. The zero-order valence-corrected chi connectivity index (χ0v) is 10.6. The number of hydrogen-bond acceptors (Lipinski definition) is 1. The SMILES string of the molecule is CC(C)COC(CBr)c1cccc(F)c1. The summed E-state index contributed by atoms with van der Waals surface area (Å²) in [6.45, 7) is 4.88. The Balaban J connectivity index is 2.65. The molecule has 0 aliphatic carbocycles. The number of benzene rings is 1. The summed E-state index contributed by atoms with van der Waals surface area (Å²) in [6.07, 6.45) is -0.0666. The van der Waals surface area contributed by atoms with Crippen molar-refractivity contribution in [3.05, 3.63) is 35.6 Å². The van der Waals surface area contributed by atoms with Gasteiger partial charge in [-0.3, -0.25) is 0 Å². The van der Waals surface area contributed by atoms with Crippen LogP contribution in [0.15, 0.2) is 24.3 Å². The minimum Gasteiger partial charge on any atom is -0.372 e. The molecule has 0 saturated heterocycles. The molecule has 1 atom stereocenters. The van der Waals surface area contributed by atoms with Gasteiger partial charge in [-0.25, -0.2) is 4.39 Å². The third kappa shape index (κ3) is 4.31. The summed E-state index contributed by atoms with van der Waals surface area (Å²) in [7, 11) is 0. The van der Waals surface area contributed by atoms with E-state index in [0.717, 1.165) is 5.56 Å². The van der Waals surface area contributed by atoms with Gasteiger partial charge >= 0.3 is 0 Å². The molecule has 0 saturated carbocycles. The Hall–Kier alpha value is -0.410. The molecule has 0 aromatic heterocycles. The summed E-state index contributed by atoms with van der Waals surface area (Å²) in [5.41, 5.74) is 0.882. The molecule has 1 rings (SSSR count). The van der Waals surface area contributed by atoms with E-state index in [0.29, 0.717) is 17.9 Å². The molecule has 1 aromatic rings. The molecule has 0 aliphatic rings. The van der Waals surface area contributed by atoms with E-state index in [-0.39, 0.29) is 11.9 Å². The molecule has 84 valence electrons. The molecule has 1 nitrogen and oxygen atoms in total. The number of hydrogen-bond donors (Lipinski definition) is 0. The van der Waals surface area contributed by atoms with E-state index < -0.39 is 0 Å². The van der Waals surface area contributed by atoms with Crippen LogP contribution in [0.1, 0.15) is 25.5 Å². The fraction of sp³-hybridized carbons (Fsp3) is 0.500. The Labute approximate surface area is 98.8 Å². The highest BCUT2D eigenvalue weighted by Crippen LogP contribution is 2.21. The van der Waals surface area contributed by atoms with Crippen LogP contribution >= 0.6 is 15.9 Å². The molecule has 3 heteroatoms. The third-order valence-electron chi connectivity index (χ3n) is 1.99. The Morgan fingerprint density at radius 3 is 2.67 bits per heavy atom. The van der Waals surface area contributed by atoms with Gasteiger partial charge in [0.1, 0.15) is 5.82 Å². The standard InChI is InChI=1S/C12H16BrFO/c1-9(2)8-15-12(7-13)10-4-3-5-11(14)6-10/h3-6,9,12H,7-8H2,1-2H3. The van der Waals surface area contributed by atoms with Gasteiger partial charge in [0.15, 0.2) is 0 Å². The van der Waals surface area contributed by atoms with Crippen molar-refractivity contribution in [2.45, 2.75) is 20.0 Å². The number of ether oxygens (including phenoxy) is 1. The first-order valence-corrected chi connectivity index (χ1v) is 6.18. The van der Waals surface area contributed by atoms with Crippen LogP contribution in [-0.2, 0) is 4.74 Å². The van der Waals surface area contributed by atoms with E-state index >= 15 is 0 Å². The lowest BCUT2D eigenvalue weighted by Crippen LogP contribution is -2.10. The van der Waals surface area contributed by atoms with Crippen LogP contribution in [-0.4, -0.2) is 11.9 Å². The summed E-state index contributed by atoms with van der Waals surface area (Å²) in [6, 6.07) is 6.55. The van der Waals surface area contributed by atoms with Gasteiger partial charge in [0, 0.05) is 11.9 Å². The van der Waals surface area contributed by atoms with Gasteiger partial charge in [0.05, 0.1) is 6.10 Å². The normalized spacial score (nSPS) is 13.1. The summed E-state index contributed by atoms with van der Waals surface area (Å²) >= 11 is 3.38. The van der Waals surface area contributed by atoms with Crippen LogP contribution in [0.5, 0.6) is 0 Å². The van der Waals surface area contributed by atoms with Gasteiger partial charge in [-0.1, -0.05) is 41.9 Å². The molecule has 0 amide bonds. The fourth-order valence-electron chi connectivity index (χ4n) is 1.25. The van der Waals surface area contributed by atoms with Crippen LogP contribution in [0.2, 0.25) is 0 Å². The van der Waals surface area contributed by atoms with Gasteiger partial charge in [-0.05, 0) is 23.6 Å². The lowest BCUT2D eigenvalue weighted by atomic mass is 10.1. The highest BCUT2D eigenvalue weighted by Gasteiger charge is 2.11. The third-order valence-corrected chi connectivity index (χ3v) is 2.58. The van der Waals surface area contributed by atoms with Crippen molar-refractivity contribution in [1.29, 1.82) is 0 Å². The highest BCUT2D eigenvalue weighted by molar-refractivity contribution is 9.09. The van der Waals surface area contributed by atoms with Crippen LogP contribution in [0.3, 0.4) is 0 Å². The molecule has 0 aliphatic heterocycles. The zero-order chi connectivity index (χ0) is 11.3. The highest BCUT2D eigenvalue weighted by atomic mass is 79.9. The van der Waals surface area contributed by atoms with Gasteiger partial charge in [-0.2, -0.15) is 0 Å². The number of halogens is 2. The van der Waals surface area contributed by atoms with Crippen molar-refractivity contribution in [1.82, 2.24) is 0 Å². The second-order valence-electron chi connectivity index (χ2n) is 3.93. The minimum absolute atomic E-state index is 0.0666. The van der Waals surface area contributed by atoms with Gasteiger partial charge in [0.25, 0.3) is 0 Å². The molecular weight excluding hydrogens is 259 g/mol. The number of rotatable bonds is 5. The average molecular weight is 275 g/mol. The Morgan fingerprint density at radius 1 is 1.40 bits per heavy atom. The molecule has 1 aromatic carbocycles. The predicted molar refractivity (Wildman–Crippen MR) is 63.7 cm³/mol. The van der Waals surface area contributed by atoms with Crippen molar-refractivity contribution in [3.8, 4) is 0 Å². The maximum absolute atomic E-state index is 13.0. The van der Waals surface area contributed by atoms with E-state index in [2.05, 4.69) is 29.8 Å². The van der Waals surface area contributed by atoms with E-state index in [4.69, 9.17) is 4.74 Å². The quantitative estimate of drug-likeness (QED) is 0.740. The number of alkyl halides is 1. The first-order valence-electron chi connectivity index (χ1n) is 5.06. The molecule has 0 spiro atoms.